The third-order valence-electron chi connectivity index (χ3n) is 2.59. The number of nitrogens with one attached hydrogen (secondary N) is 1. The Labute approximate surface area is 93.9 Å². The summed E-state index contributed by atoms with van der Waals surface area (Å²) in [4.78, 5) is 12.7. The highest BCUT2D eigenvalue weighted by molar-refractivity contribution is 5.67. The largest absolute Gasteiger partial charge is 0.438 e. The first kappa shape index (κ1) is 13.2. The predicted molar refractivity (Wildman–Crippen MR) is 55.6 cm³/mol. The van der Waals surface area contributed by atoms with Crippen LogP contribution in [0.25, 0.3) is 0 Å². The van der Waals surface area contributed by atoms with Crippen molar-refractivity contribution < 1.29 is 18.3 Å². The molecular formula is C10H18F2N2O2. The van der Waals surface area contributed by atoms with Gasteiger partial charge in [0.1, 0.15) is 0 Å². The standard InChI is InChI=1S/C10H18F2N2O2/c1-4-13-9(15)16-8-5-14(7(2)3)6-10(8,11)12/h7-8H,4-6H2,1-3H3,(H,13,15). The quantitative estimate of drug-likeness (QED) is 0.806. The van der Waals surface area contributed by atoms with Crippen LogP contribution in [-0.2, 0) is 4.74 Å². The lowest BCUT2D eigenvalue weighted by Crippen LogP contribution is -2.39. The molecule has 0 spiro atoms. The molecular weight excluding hydrogens is 218 g/mol. The lowest BCUT2D eigenvalue weighted by molar-refractivity contribution is -0.0779. The van der Waals surface area contributed by atoms with E-state index in [-0.39, 0.29) is 19.1 Å². The summed E-state index contributed by atoms with van der Waals surface area (Å²) in [5, 5.41) is 2.34. The molecule has 16 heavy (non-hydrogen) atoms. The Bertz CT molecular complexity index is 259. The predicted octanol–water partition coefficient (Wildman–Crippen LogP) is 1.46. The van der Waals surface area contributed by atoms with Crippen LogP contribution in [0.4, 0.5) is 13.6 Å². The van der Waals surface area contributed by atoms with Gasteiger partial charge in [-0.05, 0) is 20.8 Å². The number of alkyl halides is 2. The molecule has 0 aliphatic carbocycles. The van der Waals surface area contributed by atoms with Crippen LogP contribution in [0.2, 0.25) is 0 Å². The lowest BCUT2D eigenvalue weighted by Gasteiger charge is -2.18. The molecule has 0 bridgehead atoms. The molecule has 1 N–H and O–H groups in total. The Kier molecular flexibility index (Phi) is 4.07. The van der Waals surface area contributed by atoms with Crippen molar-refractivity contribution in [2.24, 2.45) is 0 Å². The van der Waals surface area contributed by atoms with Crippen molar-refractivity contribution in [1.29, 1.82) is 0 Å². The molecule has 0 radical (unpaired) electrons. The van der Waals surface area contributed by atoms with Crippen LogP contribution < -0.4 is 5.32 Å². The summed E-state index contributed by atoms with van der Waals surface area (Å²) in [5.41, 5.74) is 0. The first-order chi connectivity index (χ1) is 7.36. The van der Waals surface area contributed by atoms with Crippen LogP contribution in [0.15, 0.2) is 0 Å². The van der Waals surface area contributed by atoms with Crippen molar-refractivity contribution >= 4 is 6.09 Å². The Balaban J connectivity index is 2.56. The maximum Gasteiger partial charge on any atom is 0.407 e. The van der Waals surface area contributed by atoms with Gasteiger partial charge >= 0.3 is 6.09 Å². The zero-order valence-corrected chi connectivity index (χ0v) is 9.80. The number of hydrogen-bond acceptors (Lipinski definition) is 3. The highest BCUT2D eigenvalue weighted by Crippen LogP contribution is 2.31. The third-order valence-corrected chi connectivity index (χ3v) is 2.59. The van der Waals surface area contributed by atoms with Gasteiger partial charge < -0.3 is 10.1 Å². The average molecular weight is 236 g/mol. The number of amides is 1. The summed E-state index contributed by atoms with van der Waals surface area (Å²) in [6.07, 6.45) is -2.13. The normalized spacial score (nSPS) is 24.8. The summed E-state index contributed by atoms with van der Waals surface area (Å²) in [7, 11) is 0. The molecule has 6 heteroatoms. The molecule has 4 nitrogen and oxygen atoms in total. The zero-order valence-electron chi connectivity index (χ0n) is 9.80. The fraction of sp³-hybridized carbons (Fsp3) is 0.900. The van der Waals surface area contributed by atoms with Gasteiger partial charge in [-0.2, -0.15) is 0 Å². The van der Waals surface area contributed by atoms with E-state index in [1.54, 1.807) is 11.8 Å². The number of rotatable bonds is 3. The van der Waals surface area contributed by atoms with Crippen LogP contribution in [-0.4, -0.2) is 48.7 Å². The van der Waals surface area contributed by atoms with Crippen molar-refractivity contribution in [1.82, 2.24) is 10.2 Å². The van der Waals surface area contributed by atoms with E-state index in [1.165, 1.54) is 0 Å². The molecule has 1 saturated heterocycles. The van der Waals surface area contributed by atoms with Crippen molar-refractivity contribution in [2.75, 3.05) is 19.6 Å². The molecule has 1 atom stereocenters. The number of carbonyl (C=O) groups is 1. The van der Waals surface area contributed by atoms with E-state index in [1.807, 2.05) is 13.8 Å². The molecule has 0 saturated carbocycles. The van der Waals surface area contributed by atoms with Crippen LogP contribution in [0, 0.1) is 0 Å². The fourth-order valence-electron chi connectivity index (χ4n) is 1.62. The Morgan fingerprint density at radius 2 is 2.25 bits per heavy atom. The summed E-state index contributed by atoms with van der Waals surface area (Å²) in [6, 6.07) is 0.0220. The van der Waals surface area contributed by atoms with Crippen LogP contribution in [0.1, 0.15) is 20.8 Å². The Hall–Kier alpha value is -0.910. The minimum atomic E-state index is -2.96. The molecule has 1 rings (SSSR count). The van der Waals surface area contributed by atoms with Gasteiger partial charge in [-0.15, -0.1) is 0 Å². The average Bonchev–Trinajstić information content (AvgIpc) is 2.42. The van der Waals surface area contributed by atoms with Crippen molar-refractivity contribution in [2.45, 2.75) is 38.8 Å². The second kappa shape index (κ2) is 4.95. The molecule has 1 unspecified atom stereocenters. The van der Waals surface area contributed by atoms with Gasteiger partial charge in [0.15, 0.2) is 6.10 Å². The van der Waals surface area contributed by atoms with E-state index >= 15 is 0 Å². The third kappa shape index (κ3) is 3.04. The van der Waals surface area contributed by atoms with E-state index in [0.29, 0.717) is 6.54 Å². The monoisotopic (exact) mass is 236 g/mol. The number of ether oxygens (including phenoxy) is 1. The van der Waals surface area contributed by atoms with Gasteiger partial charge in [-0.25, -0.2) is 13.6 Å². The summed E-state index contributed by atoms with van der Waals surface area (Å²) >= 11 is 0. The molecule has 1 amide bonds. The van der Waals surface area contributed by atoms with E-state index in [2.05, 4.69) is 5.32 Å². The van der Waals surface area contributed by atoms with Crippen molar-refractivity contribution in [3.05, 3.63) is 0 Å². The molecule has 1 aliphatic heterocycles. The number of likely N-dealkylation sites (tertiary alicyclic amines) is 1. The summed E-state index contributed by atoms with van der Waals surface area (Å²) < 4.78 is 31.7. The maximum absolute atomic E-state index is 13.5. The molecule has 1 heterocycles. The van der Waals surface area contributed by atoms with Crippen molar-refractivity contribution in [3.8, 4) is 0 Å². The SMILES string of the molecule is CCNC(=O)OC1CN(C(C)C)CC1(F)F. The highest BCUT2D eigenvalue weighted by Gasteiger charge is 2.51. The van der Waals surface area contributed by atoms with Gasteiger partial charge in [0.2, 0.25) is 0 Å². The van der Waals surface area contributed by atoms with Crippen molar-refractivity contribution in [3.63, 3.8) is 0 Å². The molecule has 0 aromatic rings. The highest BCUT2D eigenvalue weighted by atomic mass is 19.3. The second-order valence-electron chi connectivity index (χ2n) is 4.21. The van der Waals surface area contributed by atoms with Gasteiger partial charge in [0.25, 0.3) is 5.92 Å². The summed E-state index contributed by atoms with van der Waals surface area (Å²) in [6.45, 7) is 5.48. The van der Waals surface area contributed by atoms with Crippen LogP contribution in [0.5, 0.6) is 0 Å². The number of hydrogen-bond donors (Lipinski definition) is 1. The van der Waals surface area contributed by atoms with Crippen LogP contribution in [0.3, 0.4) is 0 Å². The fourth-order valence-corrected chi connectivity index (χ4v) is 1.62. The van der Waals surface area contributed by atoms with E-state index < -0.39 is 18.1 Å². The second-order valence-corrected chi connectivity index (χ2v) is 4.21. The molecule has 0 aromatic heterocycles. The Morgan fingerprint density at radius 3 is 2.69 bits per heavy atom. The van der Waals surface area contributed by atoms with E-state index in [4.69, 9.17) is 4.74 Å². The van der Waals surface area contributed by atoms with Gasteiger partial charge in [0.05, 0.1) is 6.54 Å². The van der Waals surface area contributed by atoms with E-state index in [9.17, 15) is 13.6 Å². The molecule has 1 aliphatic rings. The number of alkyl carbamates (subject to hydrolysis) is 1. The topological polar surface area (TPSA) is 41.6 Å². The first-order valence-corrected chi connectivity index (χ1v) is 5.43. The van der Waals surface area contributed by atoms with Gasteiger partial charge in [0, 0.05) is 19.1 Å². The van der Waals surface area contributed by atoms with Crippen LogP contribution >= 0.6 is 0 Å². The number of halogens is 2. The van der Waals surface area contributed by atoms with Gasteiger partial charge in [-0.1, -0.05) is 0 Å². The number of nitrogens with zero attached hydrogens (tertiary/aromatic N) is 1. The van der Waals surface area contributed by atoms with Gasteiger partial charge in [-0.3, -0.25) is 4.90 Å². The maximum atomic E-state index is 13.5. The minimum Gasteiger partial charge on any atom is -0.438 e. The molecule has 0 aromatic carbocycles. The Morgan fingerprint density at radius 1 is 1.62 bits per heavy atom. The number of carbonyl (C=O) groups excluding carboxylic acids is 1. The first-order valence-electron chi connectivity index (χ1n) is 5.43. The zero-order chi connectivity index (χ0) is 12.3. The lowest BCUT2D eigenvalue weighted by atomic mass is 10.2. The minimum absolute atomic E-state index is 0.0220. The summed E-state index contributed by atoms with van der Waals surface area (Å²) in [5.74, 6) is -2.96. The smallest absolute Gasteiger partial charge is 0.407 e. The molecule has 94 valence electrons. The molecule has 1 fully saturated rings. The van der Waals surface area contributed by atoms with E-state index in [0.717, 1.165) is 0 Å².